The second kappa shape index (κ2) is 8.39. The molecule has 0 amide bonds. The lowest BCUT2D eigenvalue weighted by atomic mass is 10.1. The van der Waals surface area contributed by atoms with Gasteiger partial charge in [-0.1, -0.05) is 24.3 Å². The molecule has 1 saturated heterocycles. The third-order valence-electron chi connectivity index (χ3n) is 5.59. The molecule has 4 rings (SSSR count). The summed E-state index contributed by atoms with van der Waals surface area (Å²) in [5.41, 5.74) is 3.05. The molecule has 0 unspecified atom stereocenters. The fourth-order valence-electron chi connectivity index (χ4n) is 3.94. The monoisotopic (exact) mass is 418 g/mol. The lowest BCUT2D eigenvalue weighted by molar-refractivity contribution is 0.00923. The number of piperidine rings is 1. The first-order valence-electron chi connectivity index (χ1n) is 9.85. The summed E-state index contributed by atoms with van der Waals surface area (Å²) in [7, 11) is -3.15. The highest BCUT2D eigenvalue weighted by molar-refractivity contribution is 7.88. The van der Waals surface area contributed by atoms with Crippen LogP contribution in [0.1, 0.15) is 35.3 Å². The Labute approximate surface area is 170 Å². The van der Waals surface area contributed by atoms with Crippen LogP contribution in [-0.2, 0) is 41.0 Å². The van der Waals surface area contributed by atoms with Crippen molar-refractivity contribution in [2.75, 3.05) is 19.3 Å². The molecule has 8 heteroatoms. The van der Waals surface area contributed by atoms with Crippen molar-refractivity contribution < 1.29 is 17.6 Å². The molecule has 0 atom stereocenters. The summed E-state index contributed by atoms with van der Waals surface area (Å²) >= 11 is 0. The van der Waals surface area contributed by atoms with E-state index in [0.29, 0.717) is 43.8 Å². The van der Waals surface area contributed by atoms with Gasteiger partial charge in [-0.25, -0.2) is 12.7 Å². The number of fused-ring (bicyclic) bond motifs is 1. The van der Waals surface area contributed by atoms with Gasteiger partial charge in [-0.15, -0.1) is 0 Å². The Bertz CT molecular complexity index is 1000. The maximum Gasteiger partial charge on any atom is 0.211 e. The number of benzene rings is 1. The topological polar surface area (TPSA) is 80.1 Å². The zero-order valence-corrected chi connectivity index (χ0v) is 17.4. The Hall–Kier alpha value is -2.00. The van der Waals surface area contributed by atoms with E-state index in [0.717, 1.165) is 13.1 Å². The minimum Gasteiger partial charge on any atom is -0.467 e. The number of hydrogen-bond acceptors (Lipinski definition) is 6. The van der Waals surface area contributed by atoms with Crippen molar-refractivity contribution in [2.24, 2.45) is 0 Å². The Balaban J connectivity index is 1.29. The van der Waals surface area contributed by atoms with Gasteiger partial charge in [0.2, 0.25) is 10.0 Å². The highest BCUT2D eigenvalue weighted by Gasteiger charge is 2.25. The number of hydrogen-bond donors (Lipinski definition) is 0. The van der Waals surface area contributed by atoms with E-state index >= 15 is 0 Å². The maximum absolute atomic E-state index is 12.4. The summed E-state index contributed by atoms with van der Waals surface area (Å²) in [6.07, 6.45) is 3.93. The van der Waals surface area contributed by atoms with E-state index in [-0.39, 0.29) is 18.1 Å². The van der Waals surface area contributed by atoms with Crippen molar-refractivity contribution in [3.63, 3.8) is 0 Å². The molecule has 0 radical (unpaired) electrons. The molecule has 7 nitrogen and oxygen atoms in total. The van der Waals surface area contributed by atoms with Gasteiger partial charge in [0.15, 0.2) is 5.43 Å². The van der Waals surface area contributed by atoms with Crippen molar-refractivity contribution >= 4 is 10.0 Å². The Morgan fingerprint density at radius 3 is 2.38 bits per heavy atom. The molecule has 0 spiro atoms. The van der Waals surface area contributed by atoms with Gasteiger partial charge in [0.25, 0.3) is 0 Å². The summed E-state index contributed by atoms with van der Waals surface area (Å²) < 4.78 is 36.1. The van der Waals surface area contributed by atoms with Crippen LogP contribution >= 0.6 is 0 Å². The fourth-order valence-corrected chi connectivity index (χ4v) is 4.81. The van der Waals surface area contributed by atoms with E-state index in [1.807, 2.05) is 12.1 Å². The van der Waals surface area contributed by atoms with Crippen molar-refractivity contribution in [3.05, 3.63) is 69.3 Å². The van der Waals surface area contributed by atoms with Gasteiger partial charge in [0.1, 0.15) is 12.0 Å². The van der Waals surface area contributed by atoms with E-state index in [4.69, 9.17) is 9.15 Å². The summed E-state index contributed by atoms with van der Waals surface area (Å²) in [4.78, 5) is 14.7. The summed E-state index contributed by atoms with van der Waals surface area (Å²) in [5.74, 6) is 0.646. The largest absolute Gasteiger partial charge is 0.467 e. The summed E-state index contributed by atoms with van der Waals surface area (Å²) in [5, 5.41) is 0. The smallest absolute Gasteiger partial charge is 0.211 e. The minimum absolute atomic E-state index is 0.0461. The third-order valence-corrected chi connectivity index (χ3v) is 6.89. The molecule has 1 fully saturated rings. The molecular formula is C21H26N2O5S. The van der Waals surface area contributed by atoms with Crippen LogP contribution in [0.25, 0.3) is 0 Å². The SMILES string of the molecule is CS(=O)(=O)N1CCC(OCc2coc(CN3Cc4ccccc4C3)cc2=O)CC1. The van der Waals surface area contributed by atoms with Gasteiger partial charge in [0, 0.05) is 32.2 Å². The first-order valence-corrected chi connectivity index (χ1v) is 11.7. The lowest BCUT2D eigenvalue weighted by Crippen LogP contribution is -2.40. The Kier molecular flexibility index (Phi) is 5.87. The van der Waals surface area contributed by atoms with Gasteiger partial charge in [-0.2, -0.15) is 0 Å². The summed E-state index contributed by atoms with van der Waals surface area (Å²) in [6.45, 7) is 3.40. The molecular weight excluding hydrogens is 392 g/mol. The molecule has 2 aromatic rings. The minimum atomic E-state index is -3.15. The quantitative estimate of drug-likeness (QED) is 0.715. The zero-order chi connectivity index (χ0) is 20.4. The van der Waals surface area contributed by atoms with Crippen LogP contribution in [0.15, 0.2) is 45.8 Å². The van der Waals surface area contributed by atoms with E-state index in [9.17, 15) is 13.2 Å². The molecule has 2 aliphatic heterocycles. The van der Waals surface area contributed by atoms with Gasteiger partial charge < -0.3 is 9.15 Å². The Morgan fingerprint density at radius 1 is 1.14 bits per heavy atom. The average Bonchev–Trinajstić information content (AvgIpc) is 3.09. The normalized spacial score (nSPS) is 18.8. The van der Waals surface area contributed by atoms with E-state index in [1.54, 1.807) is 6.07 Å². The summed E-state index contributed by atoms with van der Waals surface area (Å²) in [6, 6.07) is 9.90. The van der Waals surface area contributed by atoms with E-state index < -0.39 is 10.0 Å². The van der Waals surface area contributed by atoms with Crippen LogP contribution in [-0.4, -0.2) is 43.1 Å². The third kappa shape index (κ3) is 4.95. The lowest BCUT2D eigenvalue weighted by Gasteiger charge is -2.30. The van der Waals surface area contributed by atoms with Crippen LogP contribution in [0.4, 0.5) is 0 Å². The molecule has 0 bridgehead atoms. The molecule has 0 aliphatic carbocycles. The van der Waals surface area contributed by atoms with Gasteiger partial charge in [0.05, 0.1) is 31.1 Å². The molecule has 156 valence electrons. The molecule has 2 aliphatic rings. The molecule has 29 heavy (non-hydrogen) atoms. The van der Waals surface area contributed by atoms with Crippen molar-refractivity contribution in [1.29, 1.82) is 0 Å². The maximum atomic E-state index is 12.4. The fraction of sp³-hybridized carbons (Fsp3) is 0.476. The van der Waals surface area contributed by atoms with Crippen LogP contribution < -0.4 is 5.43 Å². The van der Waals surface area contributed by atoms with Crippen molar-refractivity contribution in [3.8, 4) is 0 Å². The first kappa shape index (κ1) is 20.3. The Morgan fingerprint density at radius 2 is 1.79 bits per heavy atom. The van der Waals surface area contributed by atoms with Crippen LogP contribution in [0.5, 0.6) is 0 Å². The van der Waals surface area contributed by atoms with Crippen LogP contribution in [0.3, 0.4) is 0 Å². The average molecular weight is 419 g/mol. The number of ether oxygens (including phenoxy) is 1. The van der Waals surface area contributed by atoms with Crippen molar-refractivity contribution in [2.45, 2.75) is 45.2 Å². The molecule has 0 saturated carbocycles. The van der Waals surface area contributed by atoms with Crippen LogP contribution in [0.2, 0.25) is 0 Å². The predicted molar refractivity (Wildman–Crippen MR) is 109 cm³/mol. The van der Waals surface area contributed by atoms with E-state index in [2.05, 4.69) is 17.0 Å². The molecule has 0 N–H and O–H groups in total. The second-order valence-corrected chi connectivity index (χ2v) is 9.80. The highest BCUT2D eigenvalue weighted by atomic mass is 32.2. The molecule has 3 heterocycles. The highest BCUT2D eigenvalue weighted by Crippen LogP contribution is 2.23. The second-order valence-electron chi connectivity index (χ2n) is 7.82. The van der Waals surface area contributed by atoms with Crippen molar-refractivity contribution in [1.82, 2.24) is 9.21 Å². The van der Waals surface area contributed by atoms with Gasteiger partial charge in [-0.3, -0.25) is 9.69 Å². The van der Waals surface area contributed by atoms with Gasteiger partial charge >= 0.3 is 0 Å². The first-order chi connectivity index (χ1) is 13.9. The number of sulfonamides is 1. The van der Waals surface area contributed by atoms with Gasteiger partial charge in [-0.05, 0) is 24.0 Å². The predicted octanol–water partition coefficient (Wildman–Crippen LogP) is 2.10. The number of rotatable bonds is 6. The standard InChI is InChI=1S/C21H26N2O5S/c1-29(25,26)23-8-6-19(7-9-23)27-14-18-15-28-20(10-21(18)24)13-22-11-16-4-2-3-5-17(16)12-22/h2-5,10,15,19H,6-9,11-14H2,1H3. The van der Waals surface area contributed by atoms with Crippen LogP contribution in [0, 0.1) is 0 Å². The van der Waals surface area contributed by atoms with E-state index in [1.165, 1.54) is 28.0 Å². The zero-order valence-electron chi connectivity index (χ0n) is 16.5. The molecule has 1 aromatic heterocycles. The number of nitrogens with zero attached hydrogens (tertiary/aromatic N) is 2. The molecule has 1 aromatic carbocycles.